The van der Waals surface area contributed by atoms with Crippen LogP contribution in [0, 0.1) is 11.2 Å². The van der Waals surface area contributed by atoms with Gasteiger partial charge in [-0.05, 0) is 24.0 Å². The summed E-state index contributed by atoms with van der Waals surface area (Å²) in [5.74, 6) is -0.906. The number of hydrogen-bond donors (Lipinski definition) is 2. The van der Waals surface area contributed by atoms with Crippen molar-refractivity contribution >= 4 is 26.0 Å². The molecule has 1 aliphatic carbocycles. The minimum absolute atomic E-state index is 0.0511. The summed E-state index contributed by atoms with van der Waals surface area (Å²) in [6.45, 7) is 3.33. The Balaban J connectivity index is 2.38. The molecule has 2 N–H and O–H groups in total. The molecular formula is C12H15BrFNO3S. The molecule has 7 heteroatoms. The van der Waals surface area contributed by atoms with Crippen molar-refractivity contribution in [1.82, 2.24) is 4.72 Å². The highest BCUT2D eigenvalue weighted by Crippen LogP contribution is 2.45. The van der Waals surface area contributed by atoms with Gasteiger partial charge < -0.3 is 5.11 Å². The normalized spacial score (nSPS) is 21.4. The molecule has 0 saturated heterocycles. The summed E-state index contributed by atoms with van der Waals surface area (Å²) in [4.78, 5) is -0.436. The van der Waals surface area contributed by atoms with Gasteiger partial charge in [0, 0.05) is 16.1 Å². The van der Waals surface area contributed by atoms with E-state index in [0.717, 1.165) is 6.42 Å². The van der Waals surface area contributed by atoms with Gasteiger partial charge in [-0.3, -0.25) is 0 Å². The highest BCUT2D eigenvalue weighted by atomic mass is 79.9. The Morgan fingerprint density at radius 1 is 1.53 bits per heavy atom. The van der Waals surface area contributed by atoms with Crippen molar-refractivity contribution in [2.75, 3.05) is 0 Å². The number of benzene rings is 1. The fourth-order valence-corrected chi connectivity index (χ4v) is 4.06. The van der Waals surface area contributed by atoms with Crippen molar-refractivity contribution < 1.29 is 17.9 Å². The summed E-state index contributed by atoms with van der Waals surface area (Å²) in [5, 5.41) is 9.03. The van der Waals surface area contributed by atoms with Crippen LogP contribution in [-0.2, 0) is 16.6 Å². The van der Waals surface area contributed by atoms with Crippen LogP contribution >= 0.6 is 15.9 Å². The zero-order valence-corrected chi connectivity index (χ0v) is 13.0. The van der Waals surface area contributed by atoms with Gasteiger partial charge in [0.15, 0.2) is 0 Å². The molecule has 0 bridgehead atoms. The molecule has 19 heavy (non-hydrogen) atoms. The van der Waals surface area contributed by atoms with Gasteiger partial charge in [0.25, 0.3) is 0 Å². The van der Waals surface area contributed by atoms with Crippen LogP contribution in [0.1, 0.15) is 25.8 Å². The molecule has 0 amide bonds. The Morgan fingerprint density at radius 2 is 2.11 bits per heavy atom. The Labute approximate surface area is 120 Å². The van der Waals surface area contributed by atoms with E-state index in [1.54, 1.807) is 0 Å². The van der Waals surface area contributed by atoms with E-state index in [1.165, 1.54) is 12.1 Å². The van der Waals surface area contributed by atoms with Gasteiger partial charge in [-0.25, -0.2) is 17.5 Å². The Morgan fingerprint density at radius 3 is 2.58 bits per heavy atom. The molecule has 0 spiro atoms. The van der Waals surface area contributed by atoms with Crippen LogP contribution in [0.15, 0.2) is 21.5 Å². The monoisotopic (exact) mass is 351 g/mol. The number of halogens is 2. The van der Waals surface area contributed by atoms with Crippen LogP contribution in [0.4, 0.5) is 4.39 Å². The Bertz CT molecular complexity index is 616. The first-order chi connectivity index (χ1) is 8.67. The topological polar surface area (TPSA) is 66.4 Å². The largest absolute Gasteiger partial charge is 0.392 e. The van der Waals surface area contributed by atoms with Crippen LogP contribution in [-0.4, -0.2) is 19.6 Å². The van der Waals surface area contributed by atoms with Gasteiger partial charge in [0.2, 0.25) is 10.0 Å². The minimum atomic E-state index is -3.92. The highest BCUT2D eigenvalue weighted by Gasteiger charge is 2.48. The number of hydrogen-bond acceptors (Lipinski definition) is 3. The average Bonchev–Trinajstić information content (AvgIpc) is 2.87. The first-order valence-corrected chi connectivity index (χ1v) is 8.06. The van der Waals surface area contributed by atoms with Gasteiger partial charge in [-0.1, -0.05) is 29.8 Å². The summed E-state index contributed by atoms with van der Waals surface area (Å²) in [7, 11) is -3.92. The molecule has 0 aromatic heterocycles. The van der Waals surface area contributed by atoms with E-state index in [9.17, 15) is 12.8 Å². The number of aliphatic hydroxyl groups is 1. The molecule has 1 fully saturated rings. The van der Waals surface area contributed by atoms with Gasteiger partial charge in [-0.2, -0.15) is 0 Å². The van der Waals surface area contributed by atoms with E-state index in [1.807, 2.05) is 13.8 Å². The average molecular weight is 352 g/mol. The maximum atomic E-state index is 14.0. The smallest absolute Gasteiger partial charge is 0.243 e. The quantitative estimate of drug-likeness (QED) is 0.873. The Hall–Kier alpha value is -0.500. The second-order valence-electron chi connectivity index (χ2n) is 5.40. The number of rotatable bonds is 4. The van der Waals surface area contributed by atoms with Crippen LogP contribution in [0.3, 0.4) is 0 Å². The fraction of sp³-hybridized carbons (Fsp3) is 0.500. The van der Waals surface area contributed by atoms with Gasteiger partial charge >= 0.3 is 0 Å². The van der Waals surface area contributed by atoms with E-state index >= 15 is 0 Å². The molecule has 1 aromatic carbocycles. The molecular weight excluding hydrogens is 337 g/mol. The SMILES string of the molecule is CC1(C)CC1NS(=O)(=O)c1cc(Br)cc(CO)c1F. The van der Waals surface area contributed by atoms with Crippen molar-refractivity contribution in [2.45, 2.75) is 37.8 Å². The number of nitrogens with one attached hydrogen (secondary N) is 1. The lowest BCUT2D eigenvalue weighted by Gasteiger charge is -2.11. The molecule has 1 saturated carbocycles. The summed E-state index contributed by atoms with van der Waals surface area (Å²) in [5.41, 5.74) is -0.139. The van der Waals surface area contributed by atoms with Crippen molar-refractivity contribution in [2.24, 2.45) is 5.41 Å². The van der Waals surface area contributed by atoms with Crippen LogP contribution in [0.2, 0.25) is 0 Å². The lowest BCUT2D eigenvalue weighted by atomic mass is 10.2. The number of aliphatic hydroxyl groups excluding tert-OH is 1. The number of sulfonamides is 1. The molecule has 1 aliphatic rings. The van der Waals surface area contributed by atoms with Crippen molar-refractivity contribution in [3.05, 3.63) is 28.0 Å². The molecule has 4 nitrogen and oxygen atoms in total. The predicted molar refractivity (Wildman–Crippen MR) is 72.5 cm³/mol. The summed E-state index contributed by atoms with van der Waals surface area (Å²) >= 11 is 3.11. The molecule has 1 aromatic rings. The van der Waals surface area contributed by atoms with Gasteiger partial charge in [0.1, 0.15) is 10.7 Å². The zero-order valence-electron chi connectivity index (χ0n) is 10.6. The van der Waals surface area contributed by atoms with E-state index < -0.39 is 27.3 Å². The van der Waals surface area contributed by atoms with Crippen molar-refractivity contribution in [1.29, 1.82) is 0 Å². The van der Waals surface area contributed by atoms with Crippen LogP contribution in [0.5, 0.6) is 0 Å². The predicted octanol–water partition coefficient (Wildman–Crippen LogP) is 2.16. The molecule has 1 atom stereocenters. The molecule has 0 radical (unpaired) electrons. The van der Waals surface area contributed by atoms with Crippen molar-refractivity contribution in [3.8, 4) is 0 Å². The summed E-state index contributed by atoms with van der Waals surface area (Å²) in [6.07, 6.45) is 0.731. The van der Waals surface area contributed by atoms with Crippen molar-refractivity contribution in [3.63, 3.8) is 0 Å². The molecule has 1 unspecified atom stereocenters. The van der Waals surface area contributed by atoms with E-state index in [-0.39, 0.29) is 17.0 Å². The summed E-state index contributed by atoms with van der Waals surface area (Å²) < 4.78 is 41.2. The van der Waals surface area contributed by atoms with Gasteiger partial charge in [-0.15, -0.1) is 0 Å². The zero-order chi connectivity index (χ0) is 14.4. The fourth-order valence-electron chi connectivity index (χ4n) is 1.85. The second kappa shape index (κ2) is 4.80. The maximum Gasteiger partial charge on any atom is 0.243 e. The highest BCUT2D eigenvalue weighted by molar-refractivity contribution is 9.10. The van der Waals surface area contributed by atoms with Crippen LogP contribution in [0.25, 0.3) is 0 Å². The first-order valence-electron chi connectivity index (χ1n) is 5.78. The van der Waals surface area contributed by atoms with Crippen LogP contribution < -0.4 is 4.72 Å². The Kier molecular flexibility index (Phi) is 3.77. The standard InChI is InChI=1S/C12H15BrFNO3S/c1-12(2)5-10(12)15-19(17,18)9-4-8(13)3-7(6-16)11(9)14/h3-4,10,15-16H,5-6H2,1-2H3. The third-order valence-electron chi connectivity index (χ3n) is 3.35. The lowest BCUT2D eigenvalue weighted by Crippen LogP contribution is -2.29. The minimum Gasteiger partial charge on any atom is -0.392 e. The molecule has 0 heterocycles. The molecule has 106 valence electrons. The van der Waals surface area contributed by atoms with Gasteiger partial charge in [0.05, 0.1) is 6.61 Å². The maximum absolute atomic E-state index is 14.0. The van der Waals surface area contributed by atoms with E-state index in [4.69, 9.17) is 5.11 Å². The third kappa shape index (κ3) is 2.99. The second-order valence-corrected chi connectivity index (χ2v) is 8.00. The third-order valence-corrected chi connectivity index (χ3v) is 5.28. The lowest BCUT2D eigenvalue weighted by molar-refractivity contribution is 0.274. The molecule has 0 aliphatic heterocycles. The van der Waals surface area contributed by atoms with E-state index in [0.29, 0.717) is 4.47 Å². The molecule has 2 rings (SSSR count). The van der Waals surface area contributed by atoms with E-state index in [2.05, 4.69) is 20.7 Å². The first kappa shape index (κ1) is 14.9. The summed E-state index contributed by atoms with van der Waals surface area (Å²) in [6, 6.07) is 2.38.